The first-order chi connectivity index (χ1) is 8.39. The van der Waals surface area contributed by atoms with Gasteiger partial charge < -0.3 is 9.79 Å². The fourth-order valence-electron chi connectivity index (χ4n) is 2.70. The lowest BCUT2D eigenvalue weighted by Gasteiger charge is -2.34. The molecule has 0 heterocycles. The molecule has 0 fully saturated rings. The van der Waals surface area contributed by atoms with Crippen LogP contribution in [0.1, 0.15) is 78.6 Å². The van der Waals surface area contributed by atoms with Gasteiger partial charge in [0, 0.05) is 0 Å². The average Bonchev–Trinajstić information content (AvgIpc) is 2.29. The molecule has 0 aromatic rings. The molecule has 0 aromatic carbocycles. The lowest BCUT2D eigenvalue weighted by atomic mass is 9.76. The van der Waals surface area contributed by atoms with Crippen LogP contribution in [0.5, 0.6) is 0 Å². The van der Waals surface area contributed by atoms with Crippen LogP contribution in [0.2, 0.25) is 0 Å². The van der Waals surface area contributed by atoms with E-state index in [1.165, 1.54) is 0 Å². The first-order valence-electron chi connectivity index (χ1n) is 7.43. The van der Waals surface area contributed by atoms with Crippen molar-refractivity contribution in [2.75, 3.05) is 6.16 Å². The van der Waals surface area contributed by atoms with Crippen LogP contribution in [0.15, 0.2) is 0 Å². The van der Waals surface area contributed by atoms with Gasteiger partial charge in [-0.15, -0.1) is 0 Å². The Morgan fingerprint density at radius 2 is 1.17 bits per heavy atom. The SMILES string of the molecule is CCCCC(CCCC)(CCCC)CP(=O)(O)O. The zero-order chi connectivity index (χ0) is 14.1. The quantitative estimate of drug-likeness (QED) is 0.537. The van der Waals surface area contributed by atoms with Crippen molar-refractivity contribution in [2.24, 2.45) is 5.41 Å². The summed E-state index contributed by atoms with van der Waals surface area (Å²) in [6.07, 6.45) is 9.51. The van der Waals surface area contributed by atoms with Crippen LogP contribution >= 0.6 is 7.60 Å². The van der Waals surface area contributed by atoms with Gasteiger partial charge in [0.05, 0.1) is 6.16 Å². The van der Waals surface area contributed by atoms with Crippen LogP contribution in [0, 0.1) is 5.41 Å². The summed E-state index contributed by atoms with van der Waals surface area (Å²) in [5.74, 6) is 0. The van der Waals surface area contributed by atoms with Crippen molar-refractivity contribution in [1.29, 1.82) is 0 Å². The molecular formula is C14H31O3P. The van der Waals surface area contributed by atoms with E-state index >= 15 is 0 Å². The maximum absolute atomic E-state index is 11.4. The summed E-state index contributed by atoms with van der Waals surface area (Å²) < 4.78 is 11.4. The highest BCUT2D eigenvalue weighted by molar-refractivity contribution is 7.51. The minimum absolute atomic E-state index is 0.0833. The lowest BCUT2D eigenvalue weighted by molar-refractivity contribution is 0.216. The van der Waals surface area contributed by atoms with Crippen molar-refractivity contribution in [1.82, 2.24) is 0 Å². The minimum Gasteiger partial charge on any atom is -0.324 e. The van der Waals surface area contributed by atoms with E-state index in [2.05, 4.69) is 20.8 Å². The summed E-state index contributed by atoms with van der Waals surface area (Å²) in [4.78, 5) is 18.7. The number of hydrogen-bond donors (Lipinski definition) is 2. The van der Waals surface area contributed by atoms with Crippen molar-refractivity contribution in [3.8, 4) is 0 Å². The van der Waals surface area contributed by atoms with E-state index in [4.69, 9.17) is 0 Å². The Balaban J connectivity index is 4.78. The second-order valence-corrected chi connectivity index (χ2v) is 7.28. The predicted molar refractivity (Wildman–Crippen MR) is 77.9 cm³/mol. The largest absolute Gasteiger partial charge is 0.326 e. The maximum Gasteiger partial charge on any atom is 0.326 e. The fourth-order valence-corrected chi connectivity index (χ4v) is 4.05. The van der Waals surface area contributed by atoms with Gasteiger partial charge in [0.2, 0.25) is 0 Å². The van der Waals surface area contributed by atoms with Crippen LogP contribution in [0.25, 0.3) is 0 Å². The van der Waals surface area contributed by atoms with Gasteiger partial charge in [-0.05, 0) is 24.7 Å². The molecule has 0 aliphatic rings. The van der Waals surface area contributed by atoms with Crippen LogP contribution in [0.3, 0.4) is 0 Å². The van der Waals surface area contributed by atoms with Crippen molar-refractivity contribution < 1.29 is 14.4 Å². The van der Waals surface area contributed by atoms with Gasteiger partial charge in [0.15, 0.2) is 0 Å². The van der Waals surface area contributed by atoms with E-state index in [0.29, 0.717) is 0 Å². The standard InChI is InChI=1S/C14H31O3P/c1-4-7-10-14(11-8-5-2,12-9-6-3)13-18(15,16)17/h4-13H2,1-3H3,(H2,15,16,17). The van der Waals surface area contributed by atoms with Gasteiger partial charge in [0.1, 0.15) is 0 Å². The highest BCUT2D eigenvalue weighted by Gasteiger charge is 2.35. The van der Waals surface area contributed by atoms with E-state index < -0.39 is 7.60 Å². The van der Waals surface area contributed by atoms with Crippen molar-refractivity contribution in [3.05, 3.63) is 0 Å². The summed E-state index contributed by atoms with van der Waals surface area (Å²) >= 11 is 0. The third-order valence-electron chi connectivity index (χ3n) is 3.72. The molecule has 0 amide bonds. The molecule has 110 valence electrons. The average molecular weight is 278 g/mol. The molecule has 0 aromatic heterocycles. The van der Waals surface area contributed by atoms with Gasteiger partial charge >= 0.3 is 7.60 Å². The molecule has 0 radical (unpaired) electrons. The van der Waals surface area contributed by atoms with Crippen molar-refractivity contribution in [3.63, 3.8) is 0 Å². The molecule has 0 aliphatic carbocycles. The number of rotatable bonds is 11. The second kappa shape index (κ2) is 9.12. The lowest BCUT2D eigenvalue weighted by Crippen LogP contribution is -2.26. The van der Waals surface area contributed by atoms with Gasteiger partial charge in [-0.2, -0.15) is 0 Å². The molecule has 0 saturated heterocycles. The molecule has 0 bridgehead atoms. The molecule has 0 rings (SSSR count). The zero-order valence-electron chi connectivity index (χ0n) is 12.3. The molecule has 4 heteroatoms. The van der Waals surface area contributed by atoms with Gasteiger partial charge in [-0.1, -0.05) is 59.3 Å². The fraction of sp³-hybridized carbons (Fsp3) is 1.00. The summed E-state index contributed by atoms with van der Waals surface area (Å²) in [5.41, 5.74) is -0.124. The molecule has 0 atom stereocenters. The van der Waals surface area contributed by atoms with Crippen LogP contribution < -0.4 is 0 Å². The Bertz CT molecular complexity index is 226. The number of unbranched alkanes of at least 4 members (excludes halogenated alkanes) is 3. The Kier molecular flexibility index (Phi) is 9.19. The summed E-state index contributed by atoms with van der Waals surface area (Å²) in [6, 6.07) is 0. The molecule has 0 aliphatic heterocycles. The normalized spacial score (nSPS) is 12.9. The van der Waals surface area contributed by atoms with E-state index in [1.807, 2.05) is 0 Å². The van der Waals surface area contributed by atoms with Gasteiger partial charge in [-0.25, -0.2) is 0 Å². The molecule has 3 nitrogen and oxygen atoms in total. The first kappa shape index (κ1) is 18.1. The summed E-state index contributed by atoms with van der Waals surface area (Å²) in [7, 11) is -3.91. The van der Waals surface area contributed by atoms with Gasteiger partial charge in [0.25, 0.3) is 0 Å². The first-order valence-corrected chi connectivity index (χ1v) is 9.23. The van der Waals surface area contributed by atoms with E-state index in [9.17, 15) is 14.4 Å². The highest BCUT2D eigenvalue weighted by atomic mass is 31.2. The maximum atomic E-state index is 11.4. The monoisotopic (exact) mass is 278 g/mol. The molecule has 0 spiro atoms. The topological polar surface area (TPSA) is 57.5 Å². The third kappa shape index (κ3) is 8.29. The highest BCUT2D eigenvalue weighted by Crippen LogP contribution is 2.49. The van der Waals surface area contributed by atoms with E-state index in [-0.39, 0.29) is 11.6 Å². The predicted octanol–water partition coefficient (Wildman–Crippen LogP) is 4.72. The van der Waals surface area contributed by atoms with Crippen molar-refractivity contribution in [2.45, 2.75) is 78.6 Å². The zero-order valence-corrected chi connectivity index (χ0v) is 13.2. The molecule has 18 heavy (non-hydrogen) atoms. The second-order valence-electron chi connectivity index (χ2n) is 5.63. The summed E-state index contributed by atoms with van der Waals surface area (Å²) in [5, 5.41) is 0. The Morgan fingerprint density at radius 3 is 1.39 bits per heavy atom. The van der Waals surface area contributed by atoms with E-state index in [0.717, 1.165) is 57.8 Å². The third-order valence-corrected chi connectivity index (χ3v) is 4.81. The molecular weight excluding hydrogens is 247 g/mol. The molecule has 0 saturated carbocycles. The van der Waals surface area contributed by atoms with Crippen molar-refractivity contribution >= 4 is 7.60 Å². The molecule has 2 N–H and O–H groups in total. The Hall–Kier alpha value is 0.150. The molecule has 0 unspecified atom stereocenters. The van der Waals surface area contributed by atoms with E-state index in [1.54, 1.807) is 0 Å². The minimum atomic E-state index is -3.91. The smallest absolute Gasteiger partial charge is 0.324 e. The Morgan fingerprint density at radius 1 is 0.833 bits per heavy atom. The number of hydrogen-bond acceptors (Lipinski definition) is 1. The van der Waals surface area contributed by atoms with Crippen LogP contribution in [-0.4, -0.2) is 15.9 Å². The van der Waals surface area contributed by atoms with Crippen LogP contribution in [-0.2, 0) is 4.57 Å². The summed E-state index contributed by atoms with van der Waals surface area (Å²) in [6.45, 7) is 6.42. The van der Waals surface area contributed by atoms with Gasteiger partial charge in [-0.3, -0.25) is 4.57 Å². The Labute approximate surface area is 113 Å². The van der Waals surface area contributed by atoms with Crippen LogP contribution in [0.4, 0.5) is 0 Å².